The first-order chi connectivity index (χ1) is 19.3. The lowest BCUT2D eigenvalue weighted by Crippen LogP contribution is -2.54. The molecule has 2 amide bonds. The Morgan fingerprint density at radius 1 is 0.525 bits per heavy atom. The summed E-state index contributed by atoms with van der Waals surface area (Å²) in [4.78, 5) is 13.6. The molecule has 0 saturated carbocycles. The molecule has 0 aromatic carbocycles. The van der Waals surface area contributed by atoms with Gasteiger partial charge in [-0.2, -0.15) is 0 Å². The van der Waals surface area contributed by atoms with E-state index in [0.717, 1.165) is 6.54 Å². The van der Waals surface area contributed by atoms with E-state index in [4.69, 9.17) is 0 Å². The highest BCUT2D eigenvalue weighted by Crippen LogP contribution is 2.42. The maximum atomic E-state index is 11.3. The number of nitrogens with zero attached hydrogens (tertiary/aromatic N) is 1. The van der Waals surface area contributed by atoms with Gasteiger partial charge in [0.15, 0.2) is 0 Å². The van der Waals surface area contributed by atoms with Gasteiger partial charge >= 0.3 is 6.03 Å². The van der Waals surface area contributed by atoms with Crippen molar-refractivity contribution in [2.45, 2.75) is 195 Å². The Labute approximate surface area is 252 Å². The van der Waals surface area contributed by atoms with Crippen LogP contribution in [0.25, 0.3) is 0 Å². The van der Waals surface area contributed by atoms with Crippen molar-refractivity contribution in [3.63, 3.8) is 0 Å². The van der Waals surface area contributed by atoms with Crippen molar-refractivity contribution in [3.8, 4) is 0 Å². The third kappa shape index (κ3) is 21.0. The van der Waals surface area contributed by atoms with E-state index in [1.807, 2.05) is 0 Å². The van der Waals surface area contributed by atoms with Gasteiger partial charge in [0.2, 0.25) is 0 Å². The molecule has 0 aliphatic carbocycles. The fourth-order valence-corrected chi connectivity index (χ4v) is 6.65. The number of nitrogens with one attached hydrogen (secondary N) is 2. The van der Waals surface area contributed by atoms with Gasteiger partial charge in [0.1, 0.15) is 0 Å². The Morgan fingerprint density at radius 2 is 0.875 bits per heavy atom. The van der Waals surface area contributed by atoms with E-state index in [-0.39, 0.29) is 6.03 Å². The Hall–Kier alpha value is -0.770. The number of urea groups is 1. The number of carbonyl (C=O) groups excluding carboxylic acids is 1. The molecule has 0 aromatic rings. The zero-order valence-electron chi connectivity index (χ0n) is 28.2. The molecule has 1 rings (SSSR count). The summed E-state index contributed by atoms with van der Waals surface area (Å²) in [6, 6.07) is -0.0319. The molecule has 0 bridgehead atoms. The summed E-state index contributed by atoms with van der Waals surface area (Å²) >= 11 is 0. The van der Waals surface area contributed by atoms with Crippen LogP contribution < -0.4 is 10.6 Å². The third-order valence-corrected chi connectivity index (χ3v) is 9.36. The summed E-state index contributed by atoms with van der Waals surface area (Å²) in [5.41, 5.74) is 1.07. The van der Waals surface area contributed by atoms with E-state index in [9.17, 15) is 4.79 Å². The van der Waals surface area contributed by atoms with E-state index >= 15 is 0 Å². The Balaban J connectivity index is 2.56. The quantitative estimate of drug-likeness (QED) is 0.0976. The molecular weight excluding hydrogens is 490 g/mol. The standard InChI is InChI=1S/C36H73N3O/c1-6-8-10-12-14-17-21-28-36(27-20-16-13-11-9-7-2,30-24-23-26-35(3,4)5)29-22-18-15-19-25-31-39-32-37-34(40)38-33-39/h6-33H2,1-5H3,(H2,37,38,40). The first kappa shape index (κ1) is 37.3. The Morgan fingerprint density at radius 3 is 1.30 bits per heavy atom. The number of unbranched alkanes of at least 4 members (excludes halogenated alkanes) is 16. The minimum Gasteiger partial charge on any atom is -0.325 e. The van der Waals surface area contributed by atoms with Gasteiger partial charge in [0.05, 0.1) is 13.3 Å². The molecule has 1 saturated heterocycles. The number of hydrogen-bond acceptors (Lipinski definition) is 2. The van der Waals surface area contributed by atoms with Crippen LogP contribution in [-0.2, 0) is 0 Å². The molecule has 0 aromatic heterocycles. The molecule has 2 N–H and O–H groups in total. The van der Waals surface area contributed by atoms with Gasteiger partial charge in [-0.3, -0.25) is 4.90 Å². The van der Waals surface area contributed by atoms with Crippen LogP contribution in [0, 0.1) is 10.8 Å². The number of hydrogen-bond donors (Lipinski definition) is 2. The second-order valence-electron chi connectivity index (χ2n) is 14.6. The molecule has 4 heteroatoms. The lowest BCUT2D eigenvalue weighted by atomic mass is 9.70. The summed E-state index contributed by atoms with van der Waals surface area (Å²) in [7, 11) is 0. The van der Waals surface area contributed by atoms with Gasteiger partial charge in [0, 0.05) is 6.54 Å². The normalized spacial score (nSPS) is 16.1. The van der Waals surface area contributed by atoms with E-state index in [0.29, 0.717) is 24.2 Å². The summed E-state index contributed by atoms with van der Waals surface area (Å²) in [6.45, 7) is 14.4. The summed E-state index contributed by atoms with van der Waals surface area (Å²) in [5.74, 6) is 0. The Bertz CT molecular complexity index is 577. The topological polar surface area (TPSA) is 44.4 Å². The van der Waals surface area contributed by atoms with Gasteiger partial charge < -0.3 is 10.6 Å². The largest absolute Gasteiger partial charge is 0.325 e. The highest BCUT2D eigenvalue weighted by Gasteiger charge is 2.28. The number of rotatable bonds is 27. The van der Waals surface area contributed by atoms with Gasteiger partial charge in [-0.15, -0.1) is 0 Å². The van der Waals surface area contributed by atoms with Gasteiger partial charge in [-0.25, -0.2) is 4.79 Å². The summed E-state index contributed by atoms with van der Waals surface area (Å²) < 4.78 is 0. The zero-order valence-corrected chi connectivity index (χ0v) is 28.2. The lowest BCUT2D eigenvalue weighted by molar-refractivity contribution is 0.168. The smallest absolute Gasteiger partial charge is 0.316 e. The molecule has 1 unspecified atom stereocenters. The maximum absolute atomic E-state index is 11.3. The zero-order chi connectivity index (χ0) is 29.4. The molecule has 0 radical (unpaired) electrons. The molecule has 1 fully saturated rings. The van der Waals surface area contributed by atoms with Crippen molar-refractivity contribution >= 4 is 6.03 Å². The number of amides is 2. The van der Waals surface area contributed by atoms with E-state index in [1.165, 1.54) is 161 Å². The molecule has 4 nitrogen and oxygen atoms in total. The van der Waals surface area contributed by atoms with Gasteiger partial charge in [-0.1, -0.05) is 157 Å². The van der Waals surface area contributed by atoms with Crippen LogP contribution in [0.3, 0.4) is 0 Å². The van der Waals surface area contributed by atoms with Crippen LogP contribution in [0.2, 0.25) is 0 Å². The van der Waals surface area contributed by atoms with Crippen molar-refractivity contribution in [1.82, 2.24) is 15.5 Å². The van der Waals surface area contributed by atoms with Crippen molar-refractivity contribution in [3.05, 3.63) is 0 Å². The SMILES string of the molecule is CCCCCCCCCC(CCCCCCCC)(CCCCCCCN1CNC(=O)NC1)CCCCC(C)(C)C. The molecule has 40 heavy (non-hydrogen) atoms. The van der Waals surface area contributed by atoms with Crippen LogP contribution >= 0.6 is 0 Å². The summed E-state index contributed by atoms with van der Waals surface area (Å²) in [5, 5.41) is 5.76. The van der Waals surface area contributed by atoms with Crippen molar-refractivity contribution < 1.29 is 4.79 Å². The minimum atomic E-state index is -0.0319. The van der Waals surface area contributed by atoms with Crippen molar-refractivity contribution in [2.24, 2.45) is 10.8 Å². The average Bonchev–Trinajstić information content (AvgIpc) is 2.92. The Kier molecular flexibility index (Phi) is 22.1. The van der Waals surface area contributed by atoms with Crippen LogP contribution in [0.1, 0.15) is 195 Å². The monoisotopic (exact) mass is 564 g/mol. The fraction of sp³-hybridized carbons (Fsp3) is 0.972. The summed E-state index contributed by atoms with van der Waals surface area (Å²) in [6.07, 6.45) is 35.4. The molecule has 238 valence electrons. The fourth-order valence-electron chi connectivity index (χ4n) is 6.65. The highest BCUT2D eigenvalue weighted by atomic mass is 16.2. The lowest BCUT2D eigenvalue weighted by Gasteiger charge is -2.35. The molecule has 0 spiro atoms. The molecule has 1 aliphatic rings. The molecule has 1 aliphatic heterocycles. The number of carbonyl (C=O) groups is 1. The van der Waals surface area contributed by atoms with Crippen molar-refractivity contribution in [1.29, 1.82) is 0 Å². The maximum Gasteiger partial charge on any atom is 0.316 e. The highest BCUT2D eigenvalue weighted by molar-refractivity contribution is 5.74. The predicted octanol–water partition coefficient (Wildman–Crippen LogP) is 11.3. The van der Waals surface area contributed by atoms with Crippen molar-refractivity contribution in [2.75, 3.05) is 19.9 Å². The average molecular weight is 564 g/mol. The van der Waals surface area contributed by atoms with E-state index in [2.05, 4.69) is 50.2 Å². The van der Waals surface area contributed by atoms with Gasteiger partial charge in [-0.05, 0) is 49.4 Å². The third-order valence-electron chi connectivity index (χ3n) is 9.36. The minimum absolute atomic E-state index is 0.0319. The predicted molar refractivity (Wildman–Crippen MR) is 177 cm³/mol. The molecular formula is C36H73N3O. The second kappa shape index (κ2) is 23.8. The second-order valence-corrected chi connectivity index (χ2v) is 14.6. The van der Waals surface area contributed by atoms with Gasteiger partial charge in [0.25, 0.3) is 0 Å². The first-order valence-electron chi connectivity index (χ1n) is 18.0. The van der Waals surface area contributed by atoms with E-state index < -0.39 is 0 Å². The van der Waals surface area contributed by atoms with Crippen LogP contribution in [0.15, 0.2) is 0 Å². The molecule has 1 atom stereocenters. The van der Waals surface area contributed by atoms with Crippen LogP contribution in [0.5, 0.6) is 0 Å². The van der Waals surface area contributed by atoms with Crippen LogP contribution in [0.4, 0.5) is 4.79 Å². The first-order valence-corrected chi connectivity index (χ1v) is 18.0. The van der Waals surface area contributed by atoms with Crippen LogP contribution in [-0.4, -0.2) is 30.8 Å². The molecule has 1 heterocycles. The van der Waals surface area contributed by atoms with E-state index in [1.54, 1.807) is 0 Å².